The van der Waals surface area contributed by atoms with Crippen LogP contribution in [-0.4, -0.2) is 18.3 Å². The van der Waals surface area contributed by atoms with E-state index in [1.54, 1.807) is 0 Å². The van der Waals surface area contributed by atoms with E-state index >= 15 is 0 Å². The maximum absolute atomic E-state index is 11.3. The van der Waals surface area contributed by atoms with Gasteiger partial charge in [-0.15, -0.1) is 0 Å². The maximum Gasteiger partial charge on any atom is 0.0954 e. The molecule has 1 N–H and O–H groups in total. The van der Waals surface area contributed by atoms with E-state index in [9.17, 15) is 5.11 Å². The summed E-state index contributed by atoms with van der Waals surface area (Å²) in [4.78, 5) is 0. The number of hydrogen-bond donors (Lipinski definition) is 1. The third kappa shape index (κ3) is 1.70. The topological polar surface area (TPSA) is 29.5 Å². The van der Waals surface area contributed by atoms with Crippen LogP contribution in [-0.2, 0) is 10.3 Å². The molecule has 1 spiro atoms. The molecule has 1 aromatic carbocycles. The van der Waals surface area contributed by atoms with Crippen LogP contribution >= 0.6 is 0 Å². The Morgan fingerprint density at radius 3 is 2.61 bits per heavy atom. The van der Waals surface area contributed by atoms with Crippen molar-refractivity contribution in [1.29, 1.82) is 0 Å². The molecule has 98 valence electrons. The van der Waals surface area contributed by atoms with Gasteiger partial charge in [-0.2, -0.15) is 0 Å². The molecule has 2 fully saturated rings. The van der Waals surface area contributed by atoms with E-state index in [2.05, 4.69) is 31.2 Å². The van der Waals surface area contributed by atoms with Gasteiger partial charge in [0.05, 0.1) is 5.60 Å². The average molecular weight is 246 g/mol. The van der Waals surface area contributed by atoms with E-state index < -0.39 is 5.60 Å². The first-order valence-electron chi connectivity index (χ1n) is 7.04. The summed E-state index contributed by atoms with van der Waals surface area (Å²) < 4.78 is 5.50. The molecule has 3 rings (SSSR count). The van der Waals surface area contributed by atoms with Crippen LogP contribution < -0.4 is 0 Å². The predicted molar refractivity (Wildman–Crippen MR) is 71.4 cm³/mol. The SMILES string of the molecule is Cc1cccc(C2(O)CCCC23CCOCC3)c1. The lowest BCUT2D eigenvalue weighted by Crippen LogP contribution is -2.45. The van der Waals surface area contributed by atoms with Gasteiger partial charge in [-0.25, -0.2) is 0 Å². The molecule has 0 bridgehead atoms. The second-order valence-corrected chi connectivity index (χ2v) is 5.98. The van der Waals surface area contributed by atoms with Crippen molar-refractivity contribution in [2.45, 2.75) is 44.6 Å². The Morgan fingerprint density at radius 1 is 1.11 bits per heavy atom. The van der Waals surface area contributed by atoms with Gasteiger partial charge in [0.2, 0.25) is 0 Å². The summed E-state index contributed by atoms with van der Waals surface area (Å²) in [5, 5.41) is 11.3. The number of ether oxygens (including phenoxy) is 1. The molecule has 2 nitrogen and oxygen atoms in total. The zero-order valence-electron chi connectivity index (χ0n) is 11.1. The van der Waals surface area contributed by atoms with Gasteiger partial charge in [0.25, 0.3) is 0 Å². The monoisotopic (exact) mass is 246 g/mol. The van der Waals surface area contributed by atoms with Crippen LogP contribution in [0.2, 0.25) is 0 Å². The van der Waals surface area contributed by atoms with Crippen molar-refractivity contribution in [2.24, 2.45) is 5.41 Å². The quantitative estimate of drug-likeness (QED) is 0.824. The van der Waals surface area contributed by atoms with Crippen LogP contribution in [0, 0.1) is 12.3 Å². The summed E-state index contributed by atoms with van der Waals surface area (Å²) in [6, 6.07) is 8.41. The lowest BCUT2D eigenvalue weighted by molar-refractivity contribution is -0.119. The van der Waals surface area contributed by atoms with Gasteiger partial charge < -0.3 is 9.84 Å². The van der Waals surface area contributed by atoms with E-state index in [-0.39, 0.29) is 5.41 Å². The van der Waals surface area contributed by atoms with E-state index in [0.717, 1.165) is 50.9 Å². The highest BCUT2D eigenvalue weighted by molar-refractivity contribution is 5.31. The van der Waals surface area contributed by atoms with Crippen molar-refractivity contribution in [2.75, 3.05) is 13.2 Å². The van der Waals surface area contributed by atoms with Gasteiger partial charge in [-0.3, -0.25) is 0 Å². The highest BCUT2D eigenvalue weighted by Gasteiger charge is 2.54. The molecule has 18 heavy (non-hydrogen) atoms. The fourth-order valence-corrected chi connectivity index (χ4v) is 3.93. The average Bonchev–Trinajstić information content (AvgIpc) is 2.69. The molecule has 0 radical (unpaired) electrons. The molecule has 1 heterocycles. The summed E-state index contributed by atoms with van der Waals surface area (Å²) in [6.07, 6.45) is 5.16. The first-order chi connectivity index (χ1) is 8.66. The first kappa shape index (κ1) is 12.2. The van der Waals surface area contributed by atoms with Crippen LogP contribution in [0.1, 0.15) is 43.2 Å². The van der Waals surface area contributed by atoms with Crippen molar-refractivity contribution in [3.8, 4) is 0 Å². The lowest BCUT2D eigenvalue weighted by Gasteiger charge is -2.45. The summed E-state index contributed by atoms with van der Waals surface area (Å²) in [5.74, 6) is 0. The Labute approximate surface area is 109 Å². The molecule has 1 unspecified atom stereocenters. The van der Waals surface area contributed by atoms with Crippen molar-refractivity contribution >= 4 is 0 Å². The Hall–Kier alpha value is -0.860. The second-order valence-electron chi connectivity index (χ2n) is 5.98. The van der Waals surface area contributed by atoms with E-state index in [4.69, 9.17) is 4.74 Å². The molecular weight excluding hydrogens is 224 g/mol. The molecule has 1 aliphatic carbocycles. The molecule has 2 heteroatoms. The molecule has 1 aromatic rings. The predicted octanol–water partition coefficient (Wildman–Crippen LogP) is 3.16. The van der Waals surface area contributed by atoms with Gasteiger partial charge in [0, 0.05) is 18.6 Å². The third-order valence-corrected chi connectivity index (χ3v) is 5.02. The molecule has 2 aliphatic rings. The van der Waals surface area contributed by atoms with Crippen molar-refractivity contribution < 1.29 is 9.84 Å². The van der Waals surface area contributed by atoms with Crippen molar-refractivity contribution in [3.05, 3.63) is 35.4 Å². The van der Waals surface area contributed by atoms with Gasteiger partial charge >= 0.3 is 0 Å². The minimum absolute atomic E-state index is 0.0546. The van der Waals surface area contributed by atoms with Crippen LogP contribution in [0.15, 0.2) is 24.3 Å². The van der Waals surface area contributed by atoms with Gasteiger partial charge in [0.15, 0.2) is 0 Å². The summed E-state index contributed by atoms with van der Waals surface area (Å²) >= 11 is 0. The Bertz CT molecular complexity index is 434. The molecule has 0 aromatic heterocycles. The Morgan fingerprint density at radius 2 is 1.89 bits per heavy atom. The molecule has 1 aliphatic heterocycles. The zero-order chi connectivity index (χ0) is 12.6. The maximum atomic E-state index is 11.3. The molecule has 1 atom stereocenters. The van der Waals surface area contributed by atoms with Gasteiger partial charge in [0.1, 0.15) is 0 Å². The molecular formula is C16H22O2. The number of benzene rings is 1. The van der Waals surface area contributed by atoms with Gasteiger partial charge in [-0.05, 0) is 44.6 Å². The second kappa shape index (κ2) is 4.36. The van der Waals surface area contributed by atoms with Gasteiger partial charge in [-0.1, -0.05) is 29.8 Å². The molecule has 0 amide bonds. The Balaban J connectivity index is 2.01. The molecule has 1 saturated carbocycles. The number of aryl methyl sites for hydroxylation is 1. The van der Waals surface area contributed by atoms with E-state index in [0.29, 0.717) is 0 Å². The van der Waals surface area contributed by atoms with Crippen LogP contribution in [0.25, 0.3) is 0 Å². The zero-order valence-corrected chi connectivity index (χ0v) is 11.1. The fourth-order valence-electron chi connectivity index (χ4n) is 3.93. The van der Waals surface area contributed by atoms with Crippen LogP contribution in [0.5, 0.6) is 0 Å². The Kier molecular flexibility index (Phi) is 2.95. The van der Waals surface area contributed by atoms with Crippen LogP contribution in [0.4, 0.5) is 0 Å². The smallest absolute Gasteiger partial charge is 0.0954 e. The number of rotatable bonds is 1. The highest BCUT2D eigenvalue weighted by Crippen LogP contribution is 2.57. The largest absolute Gasteiger partial charge is 0.385 e. The molecule has 1 saturated heterocycles. The number of aliphatic hydroxyl groups is 1. The summed E-state index contributed by atoms with van der Waals surface area (Å²) in [6.45, 7) is 3.70. The van der Waals surface area contributed by atoms with Crippen LogP contribution in [0.3, 0.4) is 0 Å². The lowest BCUT2D eigenvalue weighted by atomic mass is 9.66. The third-order valence-electron chi connectivity index (χ3n) is 5.02. The van der Waals surface area contributed by atoms with Crippen molar-refractivity contribution in [3.63, 3.8) is 0 Å². The number of hydrogen-bond acceptors (Lipinski definition) is 2. The van der Waals surface area contributed by atoms with E-state index in [1.165, 1.54) is 5.56 Å². The highest BCUT2D eigenvalue weighted by atomic mass is 16.5. The van der Waals surface area contributed by atoms with Crippen molar-refractivity contribution in [1.82, 2.24) is 0 Å². The van der Waals surface area contributed by atoms with E-state index in [1.807, 2.05) is 0 Å². The normalized spacial score (nSPS) is 30.8. The summed E-state index contributed by atoms with van der Waals surface area (Å²) in [7, 11) is 0. The summed E-state index contributed by atoms with van der Waals surface area (Å²) in [5.41, 5.74) is 1.76. The minimum atomic E-state index is -0.636. The fraction of sp³-hybridized carbons (Fsp3) is 0.625. The standard InChI is InChI=1S/C16H22O2/c1-13-4-2-5-14(12-13)16(17)7-3-6-15(16)8-10-18-11-9-15/h2,4-5,12,17H,3,6-11H2,1H3. The first-order valence-corrected chi connectivity index (χ1v) is 7.04. The minimum Gasteiger partial charge on any atom is -0.385 e.